The highest BCUT2D eigenvalue weighted by molar-refractivity contribution is 8.17. The van der Waals surface area contributed by atoms with Crippen LogP contribution in [-0.2, 0) is 4.79 Å². The highest BCUT2D eigenvalue weighted by atomic mass is 35.5. The van der Waals surface area contributed by atoms with Crippen LogP contribution in [0.2, 0.25) is 5.02 Å². The van der Waals surface area contributed by atoms with Gasteiger partial charge in [0.2, 0.25) is 0 Å². The molecule has 2 aliphatic rings. The lowest BCUT2D eigenvalue weighted by Gasteiger charge is -2.26. The van der Waals surface area contributed by atoms with E-state index in [1.165, 1.54) is 36.0 Å². The summed E-state index contributed by atoms with van der Waals surface area (Å²) in [4.78, 5) is 28.8. The van der Waals surface area contributed by atoms with E-state index in [1.54, 1.807) is 17.0 Å². The predicted molar refractivity (Wildman–Crippen MR) is 128 cm³/mol. The maximum absolute atomic E-state index is 12.6. The first-order valence-electron chi connectivity index (χ1n) is 9.62. The van der Waals surface area contributed by atoms with Gasteiger partial charge in [0, 0.05) is 23.1 Å². The number of nitro benzene ring substituents is 1. The maximum Gasteiger partial charge on any atom is 0.283 e. The molecule has 2 aliphatic heterocycles. The minimum absolute atomic E-state index is 0.00331. The molecular weight excluding hydrogens is 464 g/mol. The molecule has 162 valence electrons. The quantitative estimate of drug-likeness (QED) is 0.288. The van der Waals surface area contributed by atoms with Gasteiger partial charge in [-0.05, 0) is 29.8 Å². The van der Waals surface area contributed by atoms with Gasteiger partial charge in [-0.25, -0.2) is 0 Å². The molecule has 3 aromatic rings. The summed E-state index contributed by atoms with van der Waals surface area (Å²) in [5.74, 6) is 0.162. The molecule has 5 rings (SSSR count). The highest BCUT2D eigenvalue weighted by Crippen LogP contribution is 2.38. The number of nitro groups is 1. The van der Waals surface area contributed by atoms with Gasteiger partial charge in [-0.2, -0.15) is 4.99 Å². The molecule has 0 bridgehead atoms. The summed E-state index contributed by atoms with van der Waals surface area (Å²) in [7, 11) is 0. The number of benzene rings is 2. The number of aliphatic imine (C=N–C) groups is 1. The molecule has 3 heterocycles. The molecule has 0 saturated heterocycles. The smallest absolute Gasteiger partial charge is 0.283 e. The molecule has 33 heavy (non-hydrogen) atoms. The lowest BCUT2D eigenvalue weighted by molar-refractivity contribution is -0.384. The number of thioether (sulfide) groups is 1. The van der Waals surface area contributed by atoms with Gasteiger partial charge in [-0.15, -0.1) is 0 Å². The molecule has 0 spiro atoms. The van der Waals surface area contributed by atoms with Crippen LogP contribution in [0.3, 0.4) is 0 Å². The Morgan fingerprint density at radius 1 is 1.15 bits per heavy atom. The molecule has 2 aromatic carbocycles. The van der Waals surface area contributed by atoms with Crippen molar-refractivity contribution in [2.24, 2.45) is 4.99 Å². The molecule has 0 atom stereocenters. The zero-order valence-electron chi connectivity index (χ0n) is 16.7. The molecule has 0 radical (unpaired) electrons. The number of amidine groups is 2. The highest BCUT2D eigenvalue weighted by Gasteiger charge is 2.36. The molecule has 1 N–H and O–H groups in total. The summed E-state index contributed by atoms with van der Waals surface area (Å²) in [5, 5.41) is 22.1. The summed E-state index contributed by atoms with van der Waals surface area (Å²) in [6, 6.07) is 16.9. The van der Waals surface area contributed by atoms with Crippen LogP contribution in [0, 0.1) is 15.5 Å². The van der Waals surface area contributed by atoms with Crippen molar-refractivity contribution in [2.75, 3.05) is 0 Å². The number of hydrogen-bond acceptors (Lipinski definition) is 6. The van der Waals surface area contributed by atoms with Gasteiger partial charge in [0.25, 0.3) is 11.6 Å². The van der Waals surface area contributed by atoms with Crippen LogP contribution in [0.5, 0.6) is 0 Å². The Labute approximate surface area is 196 Å². The number of halogens is 1. The second-order valence-corrected chi connectivity index (χ2v) is 8.30. The van der Waals surface area contributed by atoms with E-state index in [9.17, 15) is 14.9 Å². The van der Waals surface area contributed by atoms with Crippen LogP contribution < -0.4 is 0 Å². The third-order valence-corrected chi connectivity index (χ3v) is 6.16. The number of hydrogen-bond donors (Lipinski definition) is 1. The van der Waals surface area contributed by atoms with Gasteiger partial charge in [-0.3, -0.25) is 25.2 Å². The maximum atomic E-state index is 12.6. The topological polar surface area (TPSA) is 113 Å². The van der Waals surface area contributed by atoms with E-state index in [2.05, 4.69) is 4.99 Å². The Morgan fingerprint density at radius 2 is 1.94 bits per heavy atom. The van der Waals surface area contributed by atoms with E-state index in [4.69, 9.17) is 21.4 Å². The Kier molecular flexibility index (Phi) is 5.20. The van der Waals surface area contributed by atoms with Crippen LogP contribution >= 0.6 is 23.4 Å². The van der Waals surface area contributed by atoms with Crippen LogP contribution in [0.25, 0.3) is 23.1 Å². The standard InChI is InChI=1S/C23H13ClN4O4S/c24-18-10-14(28(30)31)6-8-16(18)20-9-7-15(32-20)11-17-21(25)27-19(13-4-2-1-3-5-13)12-33-23(27)26-22(17)29/h1-12,25H/b17-11-,25-21?. The van der Waals surface area contributed by atoms with E-state index in [1.807, 2.05) is 35.7 Å². The fourth-order valence-corrected chi connectivity index (χ4v) is 4.61. The zero-order valence-corrected chi connectivity index (χ0v) is 18.3. The molecule has 1 aromatic heterocycles. The van der Waals surface area contributed by atoms with Crippen molar-refractivity contribution in [2.45, 2.75) is 0 Å². The average molecular weight is 477 g/mol. The third kappa shape index (κ3) is 3.77. The first-order chi connectivity index (χ1) is 15.9. The van der Waals surface area contributed by atoms with Crippen molar-refractivity contribution in [3.8, 4) is 11.3 Å². The Bertz CT molecular complexity index is 1430. The van der Waals surface area contributed by atoms with Gasteiger partial charge in [0.15, 0.2) is 5.17 Å². The largest absolute Gasteiger partial charge is 0.457 e. The number of nitrogens with one attached hydrogen (secondary N) is 1. The summed E-state index contributed by atoms with van der Waals surface area (Å²) < 4.78 is 5.81. The minimum atomic E-state index is -0.534. The van der Waals surface area contributed by atoms with Crippen LogP contribution in [0.1, 0.15) is 11.3 Å². The molecule has 0 saturated carbocycles. The number of fused-ring (bicyclic) bond motifs is 1. The van der Waals surface area contributed by atoms with Gasteiger partial charge >= 0.3 is 0 Å². The summed E-state index contributed by atoms with van der Waals surface area (Å²) in [6.07, 6.45) is 1.46. The number of rotatable bonds is 4. The van der Waals surface area contributed by atoms with Gasteiger partial charge in [-0.1, -0.05) is 53.7 Å². The van der Waals surface area contributed by atoms with Gasteiger partial charge < -0.3 is 4.42 Å². The Morgan fingerprint density at radius 3 is 2.67 bits per heavy atom. The molecule has 8 nitrogen and oxygen atoms in total. The normalized spacial score (nSPS) is 16.6. The predicted octanol–water partition coefficient (Wildman–Crippen LogP) is 5.81. The number of amides is 1. The van der Waals surface area contributed by atoms with Crippen molar-refractivity contribution < 1.29 is 14.1 Å². The van der Waals surface area contributed by atoms with E-state index in [0.29, 0.717) is 22.3 Å². The van der Waals surface area contributed by atoms with E-state index in [0.717, 1.165) is 11.3 Å². The first kappa shape index (κ1) is 20.9. The van der Waals surface area contributed by atoms with E-state index >= 15 is 0 Å². The minimum Gasteiger partial charge on any atom is -0.457 e. The van der Waals surface area contributed by atoms with E-state index < -0.39 is 10.8 Å². The molecule has 1 amide bonds. The lowest BCUT2D eigenvalue weighted by Crippen LogP contribution is -2.37. The fourth-order valence-electron chi connectivity index (χ4n) is 3.45. The van der Waals surface area contributed by atoms with Crippen molar-refractivity contribution in [3.63, 3.8) is 0 Å². The number of carbonyl (C=O) groups is 1. The molecule has 0 unspecified atom stereocenters. The number of non-ortho nitro benzene ring substituents is 1. The second-order valence-electron chi connectivity index (χ2n) is 7.05. The number of nitrogens with zero attached hydrogens (tertiary/aromatic N) is 3. The van der Waals surface area contributed by atoms with E-state index in [-0.39, 0.29) is 22.1 Å². The van der Waals surface area contributed by atoms with Crippen molar-refractivity contribution >= 4 is 57.7 Å². The summed E-state index contributed by atoms with van der Waals surface area (Å²) in [5.41, 5.74) is 2.10. The van der Waals surface area contributed by atoms with Crippen LogP contribution in [-0.4, -0.2) is 26.7 Å². The van der Waals surface area contributed by atoms with Crippen molar-refractivity contribution in [1.82, 2.24) is 4.90 Å². The third-order valence-electron chi connectivity index (χ3n) is 5.03. The van der Waals surface area contributed by atoms with Crippen LogP contribution in [0.15, 0.2) is 81.1 Å². The average Bonchev–Trinajstić information content (AvgIpc) is 3.44. The Hall–Kier alpha value is -3.95. The molecular formula is C23H13ClN4O4S. The summed E-state index contributed by atoms with van der Waals surface area (Å²) >= 11 is 7.48. The molecule has 0 fully saturated rings. The number of furan rings is 1. The Balaban J connectivity index is 1.47. The second kappa shape index (κ2) is 8.19. The zero-order chi connectivity index (χ0) is 23.1. The molecule has 0 aliphatic carbocycles. The lowest BCUT2D eigenvalue weighted by atomic mass is 10.1. The number of carbonyl (C=O) groups excluding carboxylic acids is 1. The fraction of sp³-hybridized carbons (Fsp3) is 0. The van der Waals surface area contributed by atoms with Crippen LogP contribution in [0.4, 0.5) is 5.69 Å². The monoisotopic (exact) mass is 476 g/mol. The molecule has 10 heteroatoms. The SMILES string of the molecule is N=C1/C(=C/c2ccc(-c3ccc([N+](=O)[O-])cc3Cl)o2)C(=O)N=C2SC=C(c3ccccc3)N12. The summed E-state index contributed by atoms with van der Waals surface area (Å²) in [6.45, 7) is 0. The van der Waals surface area contributed by atoms with Gasteiger partial charge in [0.05, 0.1) is 21.2 Å². The van der Waals surface area contributed by atoms with Gasteiger partial charge in [0.1, 0.15) is 17.4 Å². The van der Waals surface area contributed by atoms with Crippen molar-refractivity contribution in [3.05, 3.63) is 98.1 Å². The first-order valence-corrected chi connectivity index (χ1v) is 10.9. The van der Waals surface area contributed by atoms with Crippen molar-refractivity contribution in [1.29, 1.82) is 5.41 Å².